The number of aromatic amines is 1. The summed E-state index contributed by atoms with van der Waals surface area (Å²) in [4.78, 5) is 17.3. The SMILES string of the molecule is C/C(N=O)=N\Nc1nc2ccccc2[nH]1. The molecular formula is C9H9N5O. The average Bonchev–Trinajstić information content (AvgIpc) is 2.68. The van der Waals surface area contributed by atoms with Gasteiger partial charge in [0.2, 0.25) is 5.95 Å². The molecule has 0 aliphatic carbocycles. The zero-order valence-corrected chi connectivity index (χ0v) is 8.06. The van der Waals surface area contributed by atoms with Crippen molar-refractivity contribution in [1.82, 2.24) is 9.97 Å². The monoisotopic (exact) mass is 203 g/mol. The van der Waals surface area contributed by atoms with E-state index in [1.165, 1.54) is 6.92 Å². The van der Waals surface area contributed by atoms with Crippen LogP contribution >= 0.6 is 0 Å². The van der Waals surface area contributed by atoms with E-state index in [0.717, 1.165) is 11.0 Å². The summed E-state index contributed by atoms with van der Waals surface area (Å²) in [5.74, 6) is 0.606. The second kappa shape index (κ2) is 3.87. The predicted molar refractivity (Wildman–Crippen MR) is 58.6 cm³/mol. The smallest absolute Gasteiger partial charge is 0.222 e. The molecule has 1 heterocycles. The number of amidine groups is 1. The molecular weight excluding hydrogens is 194 g/mol. The van der Waals surface area contributed by atoms with E-state index < -0.39 is 0 Å². The lowest BCUT2D eigenvalue weighted by molar-refractivity contribution is 1.19. The van der Waals surface area contributed by atoms with Gasteiger partial charge in [-0.15, -0.1) is 4.91 Å². The molecule has 2 aromatic rings. The molecule has 6 heteroatoms. The van der Waals surface area contributed by atoms with E-state index in [1.54, 1.807) is 0 Å². The molecule has 6 nitrogen and oxygen atoms in total. The van der Waals surface area contributed by atoms with Crippen LogP contribution in [-0.4, -0.2) is 15.8 Å². The summed E-state index contributed by atoms with van der Waals surface area (Å²) >= 11 is 0. The Balaban J connectivity index is 2.26. The Kier molecular flexibility index (Phi) is 2.40. The van der Waals surface area contributed by atoms with Crippen molar-refractivity contribution < 1.29 is 0 Å². The normalized spacial score (nSPS) is 11.7. The quantitative estimate of drug-likeness (QED) is 0.339. The third kappa shape index (κ3) is 1.98. The Morgan fingerprint density at radius 1 is 1.47 bits per heavy atom. The maximum atomic E-state index is 10.0. The van der Waals surface area contributed by atoms with E-state index in [2.05, 4.69) is 25.7 Å². The van der Waals surface area contributed by atoms with Crippen molar-refractivity contribution in [3.8, 4) is 0 Å². The molecule has 0 aliphatic rings. The molecule has 0 radical (unpaired) electrons. The summed E-state index contributed by atoms with van der Waals surface area (Å²) in [5.41, 5.74) is 4.36. The minimum atomic E-state index is 0.121. The average molecular weight is 203 g/mol. The van der Waals surface area contributed by atoms with Crippen LogP contribution in [0.5, 0.6) is 0 Å². The lowest BCUT2D eigenvalue weighted by Crippen LogP contribution is -1.94. The fraction of sp³-hybridized carbons (Fsp3) is 0.111. The molecule has 0 unspecified atom stereocenters. The molecule has 0 aliphatic heterocycles. The van der Waals surface area contributed by atoms with Crippen molar-refractivity contribution in [2.45, 2.75) is 6.92 Å². The first-order chi connectivity index (χ1) is 7.29. The Morgan fingerprint density at radius 2 is 2.27 bits per heavy atom. The number of fused-ring (bicyclic) bond motifs is 1. The van der Waals surface area contributed by atoms with Crippen LogP contribution in [0.4, 0.5) is 5.95 Å². The molecule has 15 heavy (non-hydrogen) atoms. The van der Waals surface area contributed by atoms with E-state index in [1.807, 2.05) is 24.3 Å². The molecule has 2 N–H and O–H groups in total. The number of benzene rings is 1. The second-order valence-corrected chi connectivity index (χ2v) is 2.96. The molecule has 0 atom stereocenters. The van der Waals surface area contributed by atoms with E-state index in [0.29, 0.717) is 5.95 Å². The van der Waals surface area contributed by atoms with Crippen LogP contribution in [0.25, 0.3) is 11.0 Å². The number of aromatic nitrogens is 2. The van der Waals surface area contributed by atoms with Crippen molar-refractivity contribution in [2.24, 2.45) is 10.3 Å². The fourth-order valence-electron chi connectivity index (χ4n) is 1.16. The summed E-state index contributed by atoms with van der Waals surface area (Å²) in [5, 5.41) is 6.36. The van der Waals surface area contributed by atoms with Crippen LogP contribution < -0.4 is 5.43 Å². The van der Waals surface area contributed by atoms with Crippen molar-refractivity contribution in [2.75, 3.05) is 5.43 Å². The van der Waals surface area contributed by atoms with E-state index in [-0.39, 0.29) is 5.84 Å². The van der Waals surface area contributed by atoms with Gasteiger partial charge in [-0.1, -0.05) is 12.1 Å². The highest BCUT2D eigenvalue weighted by atomic mass is 16.3. The number of imidazole rings is 1. The highest BCUT2D eigenvalue weighted by molar-refractivity contribution is 5.81. The van der Waals surface area contributed by atoms with Crippen LogP contribution in [0.15, 0.2) is 34.5 Å². The molecule has 0 spiro atoms. The summed E-state index contributed by atoms with van der Waals surface area (Å²) in [6.07, 6.45) is 0. The van der Waals surface area contributed by atoms with Crippen molar-refractivity contribution in [3.63, 3.8) is 0 Å². The lowest BCUT2D eigenvalue weighted by atomic mass is 10.3. The Hall–Kier alpha value is -2.24. The van der Waals surface area contributed by atoms with Gasteiger partial charge < -0.3 is 4.98 Å². The number of nitroso groups, excluding NO2 is 1. The number of para-hydroxylation sites is 2. The number of H-pyrrole nitrogens is 1. The number of nitrogens with zero attached hydrogens (tertiary/aromatic N) is 3. The number of nitrogens with one attached hydrogen (secondary N) is 2. The van der Waals surface area contributed by atoms with Crippen molar-refractivity contribution >= 4 is 22.8 Å². The molecule has 2 rings (SSSR count). The molecule has 0 fully saturated rings. The number of hydrogen-bond acceptors (Lipinski definition) is 4. The standard InChI is InChI=1S/C9H9N5O/c1-6(14-15)12-13-9-10-7-4-2-3-5-8(7)11-9/h2-5H,1H3,(H2,10,11,13)/b12-6+. The maximum Gasteiger partial charge on any atom is 0.222 e. The highest BCUT2D eigenvalue weighted by Gasteiger charge is 1.99. The third-order valence-electron chi connectivity index (χ3n) is 1.85. The topological polar surface area (TPSA) is 82.5 Å². The lowest BCUT2D eigenvalue weighted by Gasteiger charge is -1.91. The minimum absolute atomic E-state index is 0.121. The maximum absolute atomic E-state index is 10.0. The van der Waals surface area contributed by atoms with Crippen LogP contribution in [0.3, 0.4) is 0 Å². The zero-order valence-electron chi connectivity index (χ0n) is 8.06. The van der Waals surface area contributed by atoms with Gasteiger partial charge in [0.15, 0.2) is 5.84 Å². The Morgan fingerprint density at radius 3 is 3.00 bits per heavy atom. The molecule has 0 amide bonds. The summed E-state index contributed by atoms with van der Waals surface area (Å²) in [7, 11) is 0. The van der Waals surface area contributed by atoms with E-state index in [4.69, 9.17) is 0 Å². The first kappa shape index (κ1) is 9.32. The van der Waals surface area contributed by atoms with Gasteiger partial charge in [0.05, 0.1) is 11.0 Å². The van der Waals surface area contributed by atoms with Crippen molar-refractivity contribution in [3.05, 3.63) is 29.2 Å². The van der Waals surface area contributed by atoms with Crippen molar-refractivity contribution in [1.29, 1.82) is 0 Å². The van der Waals surface area contributed by atoms with Gasteiger partial charge in [-0.3, -0.25) is 0 Å². The number of hydrazone groups is 1. The van der Waals surface area contributed by atoms with Gasteiger partial charge in [-0.25, -0.2) is 10.4 Å². The Bertz CT molecular complexity index is 483. The van der Waals surface area contributed by atoms with E-state index in [9.17, 15) is 4.91 Å². The van der Waals surface area contributed by atoms with Gasteiger partial charge in [-0.2, -0.15) is 5.10 Å². The van der Waals surface area contributed by atoms with Crippen LogP contribution in [0.2, 0.25) is 0 Å². The highest BCUT2D eigenvalue weighted by Crippen LogP contribution is 2.12. The number of anilines is 1. The zero-order chi connectivity index (χ0) is 10.7. The minimum Gasteiger partial charge on any atom is -0.323 e. The number of hydrogen-bond donors (Lipinski definition) is 2. The summed E-state index contributed by atoms with van der Waals surface area (Å²) in [6.45, 7) is 1.50. The Labute approximate surface area is 85.4 Å². The molecule has 0 saturated heterocycles. The largest absolute Gasteiger partial charge is 0.323 e. The predicted octanol–water partition coefficient (Wildman–Crippen LogP) is 2.07. The molecule has 0 saturated carbocycles. The van der Waals surface area contributed by atoms with E-state index >= 15 is 0 Å². The second-order valence-electron chi connectivity index (χ2n) is 2.96. The van der Waals surface area contributed by atoms with Gasteiger partial charge in [0, 0.05) is 6.92 Å². The number of rotatable bonds is 2. The van der Waals surface area contributed by atoms with Gasteiger partial charge in [0.1, 0.15) is 0 Å². The fourth-order valence-corrected chi connectivity index (χ4v) is 1.16. The van der Waals surface area contributed by atoms with Crippen LogP contribution in [0.1, 0.15) is 6.92 Å². The molecule has 0 bridgehead atoms. The molecule has 1 aromatic carbocycles. The molecule has 76 valence electrons. The van der Waals surface area contributed by atoms with Gasteiger partial charge >= 0.3 is 0 Å². The third-order valence-corrected chi connectivity index (χ3v) is 1.85. The summed E-state index contributed by atoms with van der Waals surface area (Å²) < 4.78 is 0. The summed E-state index contributed by atoms with van der Waals surface area (Å²) in [6, 6.07) is 7.59. The first-order valence-electron chi connectivity index (χ1n) is 4.38. The van der Waals surface area contributed by atoms with Crippen LogP contribution in [0, 0.1) is 4.91 Å². The van der Waals surface area contributed by atoms with Gasteiger partial charge in [0.25, 0.3) is 0 Å². The van der Waals surface area contributed by atoms with Crippen LogP contribution in [-0.2, 0) is 0 Å². The first-order valence-corrected chi connectivity index (χ1v) is 4.38. The molecule has 1 aromatic heterocycles. The van der Waals surface area contributed by atoms with Gasteiger partial charge in [-0.05, 0) is 17.3 Å².